The number of rotatable bonds is 3. The topological polar surface area (TPSA) is 76.0 Å². The van der Waals surface area contributed by atoms with Gasteiger partial charge in [0.1, 0.15) is 5.75 Å². The van der Waals surface area contributed by atoms with Gasteiger partial charge in [0.05, 0.1) is 5.56 Å². The maximum absolute atomic E-state index is 12.4. The Balaban J connectivity index is 2.00. The zero-order valence-corrected chi connectivity index (χ0v) is 11.5. The van der Waals surface area contributed by atoms with E-state index in [2.05, 4.69) is 4.74 Å². The van der Waals surface area contributed by atoms with Gasteiger partial charge in [-0.05, 0) is 24.3 Å². The summed E-state index contributed by atoms with van der Waals surface area (Å²) in [5, 5.41) is 19.1. The normalized spacial score (nSPS) is 14.9. The van der Waals surface area contributed by atoms with E-state index < -0.39 is 23.9 Å². The molecule has 0 aromatic heterocycles. The van der Waals surface area contributed by atoms with Gasteiger partial charge in [0.25, 0.3) is 0 Å². The highest BCUT2D eigenvalue weighted by Gasteiger charge is 2.31. The number of alkyl halides is 2. The third-order valence-corrected chi connectivity index (χ3v) is 3.21. The monoisotopic (exact) mass is 320 g/mol. The zero-order chi connectivity index (χ0) is 16.6. The van der Waals surface area contributed by atoms with E-state index in [9.17, 15) is 23.8 Å². The van der Waals surface area contributed by atoms with Gasteiger partial charge in [0.15, 0.2) is 17.3 Å². The smallest absolute Gasteiger partial charge is 0.387 e. The summed E-state index contributed by atoms with van der Waals surface area (Å²) in [4.78, 5) is 12.2. The van der Waals surface area contributed by atoms with Crippen LogP contribution in [-0.4, -0.2) is 22.6 Å². The van der Waals surface area contributed by atoms with E-state index in [1.807, 2.05) is 0 Å². The summed E-state index contributed by atoms with van der Waals surface area (Å²) < 4.78 is 34.4. The first-order chi connectivity index (χ1) is 11.0. The first-order valence-corrected chi connectivity index (χ1v) is 6.50. The van der Waals surface area contributed by atoms with E-state index in [1.54, 1.807) is 6.07 Å². The van der Waals surface area contributed by atoms with Gasteiger partial charge < -0.3 is 19.7 Å². The molecule has 23 heavy (non-hydrogen) atoms. The molecule has 0 saturated carbocycles. The van der Waals surface area contributed by atoms with Gasteiger partial charge >= 0.3 is 6.61 Å². The molecule has 0 amide bonds. The molecule has 1 aliphatic rings. The van der Waals surface area contributed by atoms with Crippen molar-refractivity contribution in [1.82, 2.24) is 0 Å². The number of hydrogen-bond donors (Lipinski definition) is 2. The number of halogens is 2. The number of para-hydroxylation sites is 1. The Labute approximate surface area is 129 Å². The molecular formula is C16H10F2O5. The van der Waals surface area contributed by atoms with E-state index in [-0.39, 0.29) is 28.4 Å². The number of aromatic hydroxyl groups is 2. The average Bonchev–Trinajstić information content (AvgIpc) is 2.82. The molecule has 2 aromatic carbocycles. The van der Waals surface area contributed by atoms with Crippen LogP contribution in [0.4, 0.5) is 8.78 Å². The third kappa shape index (κ3) is 2.68. The quantitative estimate of drug-likeness (QED) is 0.670. The van der Waals surface area contributed by atoms with E-state index in [0.29, 0.717) is 0 Å². The van der Waals surface area contributed by atoms with Gasteiger partial charge in [0.2, 0.25) is 11.5 Å². The molecule has 0 unspecified atom stereocenters. The lowest BCUT2D eigenvalue weighted by Crippen LogP contribution is -2.04. The molecule has 2 N–H and O–H groups in total. The van der Waals surface area contributed by atoms with Crippen molar-refractivity contribution >= 4 is 11.9 Å². The summed E-state index contributed by atoms with van der Waals surface area (Å²) >= 11 is 0. The largest absolute Gasteiger partial charge is 0.504 e. The van der Waals surface area contributed by atoms with Gasteiger partial charge in [-0.15, -0.1) is 0 Å². The molecule has 5 nitrogen and oxygen atoms in total. The van der Waals surface area contributed by atoms with Crippen molar-refractivity contribution < 1.29 is 33.3 Å². The van der Waals surface area contributed by atoms with Crippen LogP contribution >= 0.6 is 0 Å². The van der Waals surface area contributed by atoms with Crippen LogP contribution in [0.3, 0.4) is 0 Å². The number of hydrogen-bond acceptors (Lipinski definition) is 5. The number of phenolic OH excluding ortho intramolecular Hbond substituents is 2. The van der Waals surface area contributed by atoms with E-state index in [4.69, 9.17) is 4.74 Å². The number of ketones is 1. The zero-order valence-electron chi connectivity index (χ0n) is 11.5. The van der Waals surface area contributed by atoms with Gasteiger partial charge in [-0.25, -0.2) is 0 Å². The molecule has 7 heteroatoms. The van der Waals surface area contributed by atoms with Crippen molar-refractivity contribution in [3.05, 3.63) is 53.3 Å². The molecule has 0 atom stereocenters. The predicted octanol–water partition coefficient (Wildman–Crippen LogP) is 3.32. The predicted molar refractivity (Wildman–Crippen MR) is 75.8 cm³/mol. The van der Waals surface area contributed by atoms with Gasteiger partial charge in [-0.1, -0.05) is 18.2 Å². The molecule has 0 bridgehead atoms. The van der Waals surface area contributed by atoms with E-state index in [0.717, 1.165) is 6.07 Å². The van der Waals surface area contributed by atoms with Gasteiger partial charge in [-0.3, -0.25) is 4.79 Å². The number of phenols is 2. The number of carbonyl (C=O) groups is 1. The molecule has 118 valence electrons. The van der Waals surface area contributed by atoms with Crippen LogP contribution in [0.5, 0.6) is 23.0 Å². The lowest BCUT2D eigenvalue weighted by Gasteiger charge is -2.08. The number of allylic oxidation sites excluding steroid dienone is 1. The fourth-order valence-electron chi connectivity index (χ4n) is 2.17. The van der Waals surface area contributed by atoms with Crippen molar-refractivity contribution in [2.45, 2.75) is 6.61 Å². The van der Waals surface area contributed by atoms with Crippen LogP contribution in [0.2, 0.25) is 0 Å². The van der Waals surface area contributed by atoms with Crippen molar-refractivity contribution in [1.29, 1.82) is 0 Å². The molecular weight excluding hydrogens is 310 g/mol. The molecule has 2 aromatic rings. The molecule has 0 saturated heterocycles. The van der Waals surface area contributed by atoms with Crippen molar-refractivity contribution in [2.24, 2.45) is 0 Å². The third-order valence-electron chi connectivity index (χ3n) is 3.21. The Bertz CT molecular complexity index is 814. The van der Waals surface area contributed by atoms with E-state index in [1.165, 1.54) is 30.3 Å². The fourth-order valence-corrected chi connectivity index (χ4v) is 2.17. The molecule has 3 rings (SSSR count). The van der Waals surface area contributed by atoms with Crippen LogP contribution in [0.1, 0.15) is 15.9 Å². The summed E-state index contributed by atoms with van der Waals surface area (Å²) in [5.74, 6) is -1.99. The highest BCUT2D eigenvalue weighted by Crippen LogP contribution is 2.44. The van der Waals surface area contributed by atoms with Crippen molar-refractivity contribution in [2.75, 3.05) is 0 Å². The first-order valence-electron chi connectivity index (χ1n) is 6.50. The Morgan fingerprint density at radius 1 is 1.13 bits per heavy atom. The second-order valence-electron chi connectivity index (χ2n) is 4.67. The maximum Gasteiger partial charge on any atom is 0.387 e. The number of Topliss-reactive ketones (excluding diaryl/α,β-unsaturated/α-hetero) is 1. The summed E-state index contributed by atoms with van der Waals surface area (Å²) in [5.41, 5.74) is 0.284. The van der Waals surface area contributed by atoms with Crippen LogP contribution in [0.15, 0.2) is 42.2 Å². The molecule has 1 heterocycles. The molecule has 0 radical (unpaired) electrons. The molecule has 0 spiro atoms. The maximum atomic E-state index is 12.4. The Hall–Kier alpha value is -3.09. The Kier molecular flexibility index (Phi) is 3.61. The lowest BCUT2D eigenvalue weighted by molar-refractivity contribution is -0.0499. The second-order valence-corrected chi connectivity index (χ2v) is 4.67. The first kappa shape index (κ1) is 14.8. The second kappa shape index (κ2) is 5.60. The number of carbonyl (C=O) groups excluding carboxylic acids is 1. The minimum atomic E-state index is -3.01. The van der Waals surface area contributed by atoms with Crippen LogP contribution in [0.25, 0.3) is 6.08 Å². The van der Waals surface area contributed by atoms with Crippen LogP contribution < -0.4 is 9.47 Å². The fraction of sp³-hybridized carbons (Fsp3) is 0.0625. The summed E-state index contributed by atoms with van der Waals surface area (Å²) in [6.45, 7) is -3.01. The van der Waals surface area contributed by atoms with E-state index >= 15 is 0 Å². The van der Waals surface area contributed by atoms with Gasteiger partial charge in [0, 0.05) is 5.56 Å². The number of ether oxygens (including phenoxy) is 2. The van der Waals surface area contributed by atoms with Crippen LogP contribution in [0, 0.1) is 0 Å². The average molecular weight is 320 g/mol. The number of fused-ring (bicyclic) bond motifs is 1. The minimum absolute atomic E-state index is 0.0683. The molecule has 0 aliphatic carbocycles. The van der Waals surface area contributed by atoms with Crippen molar-refractivity contribution in [3.8, 4) is 23.0 Å². The highest BCUT2D eigenvalue weighted by molar-refractivity contribution is 6.15. The van der Waals surface area contributed by atoms with Crippen LogP contribution in [-0.2, 0) is 0 Å². The summed E-state index contributed by atoms with van der Waals surface area (Å²) in [6, 6.07) is 8.35. The lowest BCUT2D eigenvalue weighted by atomic mass is 10.1. The van der Waals surface area contributed by atoms with Crippen molar-refractivity contribution in [3.63, 3.8) is 0 Å². The number of benzene rings is 2. The SMILES string of the molecule is O=C1C(=Cc2ccccc2OC(F)F)Oc2c1ccc(O)c2O. The standard InChI is InChI=1S/C16H10F2O5/c17-16(18)23-11-4-2-1-3-8(11)7-12-13(20)9-5-6-10(19)14(21)15(9)22-12/h1-7,16,19,21H. The Morgan fingerprint density at radius 2 is 1.87 bits per heavy atom. The Morgan fingerprint density at radius 3 is 2.61 bits per heavy atom. The summed E-state index contributed by atoms with van der Waals surface area (Å²) in [7, 11) is 0. The molecule has 0 fully saturated rings. The highest BCUT2D eigenvalue weighted by atomic mass is 19.3. The van der Waals surface area contributed by atoms with Gasteiger partial charge in [-0.2, -0.15) is 8.78 Å². The minimum Gasteiger partial charge on any atom is -0.504 e. The molecule has 1 aliphatic heterocycles. The summed E-state index contributed by atoms with van der Waals surface area (Å²) in [6.07, 6.45) is 1.23.